The smallest absolute Gasteiger partial charge is 0.123 e. The first kappa shape index (κ1) is 19.3. The Morgan fingerprint density at radius 1 is 0.720 bits per heavy atom. The molecule has 25 heavy (non-hydrogen) atoms. The molecule has 0 aliphatic carbocycles. The first-order valence-electron chi connectivity index (χ1n) is 8.77. The molecule has 2 aromatic rings. The fourth-order valence-corrected chi connectivity index (χ4v) is 2.86. The van der Waals surface area contributed by atoms with Crippen molar-refractivity contribution < 1.29 is 19.7 Å². The summed E-state index contributed by atoms with van der Waals surface area (Å²) < 4.78 is 11.8. The number of ether oxygens (including phenoxy) is 2. The Labute approximate surface area is 150 Å². The molecule has 136 valence electrons. The van der Waals surface area contributed by atoms with Gasteiger partial charge < -0.3 is 19.7 Å². The summed E-state index contributed by atoms with van der Waals surface area (Å²) >= 11 is 0. The molecule has 0 fully saturated rings. The Morgan fingerprint density at radius 3 is 1.52 bits per heavy atom. The van der Waals surface area contributed by atoms with Crippen LogP contribution < -0.4 is 9.47 Å². The van der Waals surface area contributed by atoms with E-state index in [0.717, 1.165) is 22.6 Å². The van der Waals surface area contributed by atoms with E-state index in [1.165, 1.54) is 0 Å². The summed E-state index contributed by atoms with van der Waals surface area (Å²) in [5.74, 6) is 1.65. The van der Waals surface area contributed by atoms with Crippen molar-refractivity contribution in [1.29, 1.82) is 0 Å². The molecule has 2 N–H and O–H groups in total. The van der Waals surface area contributed by atoms with Gasteiger partial charge in [-0.05, 0) is 12.1 Å². The molecule has 0 spiro atoms. The molecule has 2 aromatic carbocycles. The quantitative estimate of drug-likeness (QED) is 0.647. The summed E-state index contributed by atoms with van der Waals surface area (Å²) in [6.07, 6.45) is 1.21. The van der Waals surface area contributed by atoms with Gasteiger partial charge >= 0.3 is 0 Å². The molecule has 0 aliphatic rings. The molecule has 4 heteroatoms. The molecule has 0 bridgehead atoms. The number of rotatable bonds is 10. The van der Waals surface area contributed by atoms with Gasteiger partial charge in [0.1, 0.15) is 11.5 Å². The lowest BCUT2D eigenvalue weighted by molar-refractivity contribution is 0.229. The normalized spacial score (nSPS) is 11.4. The van der Waals surface area contributed by atoms with Gasteiger partial charge in [0, 0.05) is 42.6 Å². The molecule has 4 nitrogen and oxygen atoms in total. The average molecular weight is 344 g/mol. The third-order valence-corrected chi connectivity index (χ3v) is 4.24. The number of benzene rings is 2. The summed E-state index contributed by atoms with van der Waals surface area (Å²) in [5, 5.41) is 18.0. The summed E-state index contributed by atoms with van der Waals surface area (Å²) in [7, 11) is 0. The maximum absolute atomic E-state index is 8.98. The predicted molar refractivity (Wildman–Crippen MR) is 99.4 cm³/mol. The van der Waals surface area contributed by atoms with Crippen LogP contribution in [0.4, 0.5) is 0 Å². The van der Waals surface area contributed by atoms with Gasteiger partial charge in [-0.1, -0.05) is 50.2 Å². The lowest BCUT2D eigenvalue weighted by Crippen LogP contribution is -2.22. The van der Waals surface area contributed by atoms with Crippen LogP contribution in [-0.4, -0.2) is 36.6 Å². The van der Waals surface area contributed by atoms with Crippen molar-refractivity contribution in [3.63, 3.8) is 0 Å². The zero-order valence-electron chi connectivity index (χ0n) is 15.1. The number of aliphatic hydroxyl groups excluding tert-OH is 2. The van der Waals surface area contributed by atoms with E-state index < -0.39 is 0 Å². The van der Waals surface area contributed by atoms with Gasteiger partial charge in [0.2, 0.25) is 0 Å². The van der Waals surface area contributed by atoms with Crippen LogP contribution in [0.5, 0.6) is 11.5 Å². The number of hydrogen-bond donors (Lipinski definition) is 2. The first-order valence-corrected chi connectivity index (χ1v) is 8.77. The fourth-order valence-electron chi connectivity index (χ4n) is 2.86. The fraction of sp³-hybridized carbons (Fsp3) is 0.429. The highest BCUT2D eigenvalue weighted by atomic mass is 16.5. The largest absolute Gasteiger partial charge is 0.493 e. The van der Waals surface area contributed by atoms with E-state index in [1.807, 2.05) is 36.4 Å². The number of aliphatic hydroxyl groups is 2. The minimum atomic E-state index is -0.314. The predicted octanol–water partition coefficient (Wildman–Crippen LogP) is 3.53. The molecular formula is C21H28O4. The molecule has 0 aromatic heterocycles. The Morgan fingerprint density at radius 2 is 1.12 bits per heavy atom. The molecule has 0 unspecified atom stereocenters. The van der Waals surface area contributed by atoms with Gasteiger partial charge in [-0.25, -0.2) is 0 Å². The van der Waals surface area contributed by atoms with Crippen LogP contribution in [0.1, 0.15) is 37.8 Å². The van der Waals surface area contributed by atoms with Gasteiger partial charge in [0.25, 0.3) is 0 Å². The molecule has 0 saturated carbocycles. The standard InChI is InChI=1S/C21H28O4/c1-21(2,17-9-3-5-11-19(17)24-15-7-13-22)18-10-4-6-12-20(18)25-16-8-14-23/h3-6,9-12,22-23H,7-8,13-16H2,1-2H3. The molecule has 2 rings (SSSR count). The zero-order chi connectivity index (χ0) is 18.1. The number of hydrogen-bond acceptors (Lipinski definition) is 4. The van der Waals surface area contributed by atoms with Crippen LogP contribution in [0.15, 0.2) is 48.5 Å². The maximum atomic E-state index is 8.98. The second-order valence-corrected chi connectivity index (χ2v) is 6.47. The minimum Gasteiger partial charge on any atom is -0.493 e. The molecule has 0 atom stereocenters. The average Bonchev–Trinajstić information content (AvgIpc) is 2.63. The number of para-hydroxylation sites is 2. The van der Waals surface area contributed by atoms with Crippen molar-refractivity contribution in [2.24, 2.45) is 0 Å². The first-order chi connectivity index (χ1) is 12.1. The highest BCUT2D eigenvalue weighted by Crippen LogP contribution is 2.41. The van der Waals surface area contributed by atoms with E-state index in [-0.39, 0.29) is 18.6 Å². The molecule has 0 saturated heterocycles. The van der Waals surface area contributed by atoms with Crippen LogP contribution in [-0.2, 0) is 5.41 Å². The zero-order valence-corrected chi connectivity index (χ0v) is 15.1. The molecule has 0 aliphatic heterocycles. The molecule has 0 heterocycles. The lowest BCUT2D eigenvalue weighted by Gasteiger charge is -2.30. The van der Waals surface area contributed by atoms with Gasteiger partial charge in [-0.2, -0.15) is 0 Å². The molecule has 0 amide bonds. The Hall–Kier alpha value is -2.04. The van der Waals surface area contributed by atoms with Gasteiger partial charge in [0.15, 0.2) is 0 Å². The summed E-state index contributed by atoms with van der Waals surface area (Å²) in [6, 6.07) is 16.0. The van der Waals surface area contributed by atoms with Crippen LogP contribution in [0.3, 0.4) is 0 Å². The van der Waals surface area contributed by atoms with Gasteiger partial charge in [-0.15, -0.1) is 0 Å². The van der Waals surface area contributed by atoms with Crippen molar-refractivity contribution in [3.05, 3.63) is 59.7 Å². The van der Waals surface area contributed by atoms with E-state index in [9.17, 15) is 0 Å². The maximum Gasteiger partial charge on any atom is 0.123 e. The highest BCUT2D eigenvalue weighted by Gasteiger charge is 2.29. The van der Waals surface area contributed by atoms with E-state index in [0.29, 0.717) is 26.1 Å². The third-order valence-electron chi connectivity index (χ3n) is 4.24. The Balaban J connectivity index is 2.32. The van der Waals surface area contributed by atoms with Crippen molar-refractivity contribution >= 4 is 0 Å². The summed E-state index contributed by atoms with van der Waals surface area (Å²) in [5.41, 5.74) is 1.84. The van der Waals surface area contributed by atoms with E-state index in [2.05, 4.69) is 26.0 Å². The topological polar surface area (TPSA) is 58.9 Å². The van der Waals surface area contributed by atoms with Crippen molar-refractivity contribution in [3.8, 4) is 11.5 Å². The second-order valence-electron chi connectivity index (χ2n) is 6.47. The van der Waals surface area contributed by atoms with Crippen molar-refractivity contribution in [1.82, 2.24) is 0 Å². The summed E-state index contributed by atoms with van der Waals surface area (Å²) in [4.78, 5) is 0. The minimum absolute atomic E-state index is 0.118. The SMILES string of the molecule is CC(C)(c1ccccc1OCCCO)c1ccccc1OCCCO. The molecular weight excluding hydrogens is 316 g/mol. The lowest BCUT2D eigenvalue weighted by atomic mass is 9.77. The third kappa shape index (κ3) is 4.97. The Kier molecular flexibility index (Phi) is 7.29. The second kappa shape index (κ2) is 9.44. The summed E-state index contributed by atoms with van der Waals surface area (Å²) in [6.45, 7) is 5.50. The highest BCUT2D eigenvalue weighted by molar-refractivity contribution is 5.50. The van der Waals surface area contributed by atoms with E-state index in [4.69, 9.17) is 19.7 Å². The van der Waals surface area contributed by atoms with Crippen LogP contribution in [0.2, 0.25) is 0 Å². The monoisotopic (exact) mass is 344 g/mol. The molecule has 0 radical (unpaired) electrons. The Bertz CT molecular complexity index is 596. The van der Waals surface area contributed by atoms with Gasteiger partial charge in [0.05, 0.1) is 13.2 Å². The van der Waals surface area contributed by atoms with Gasteiger partial charge in [-0.3, -0.25) is 0 Å². The van der Waals surface area contributed by atoms with E-state index >= 15 is 0 Å². The van der Waals surface area contributed by atoms with Crippen LogP contribution in [0.25, 0.3) is 0 Å². The van der Waals surface area contributed by atoms with Crippen LogP contribution >= 0.6 is 0 Å². The van der Waals surface area contributed by atoms with Crippen molar-refractivity contribution in [2.45, 2.75) is 32.1 Å². The van der Waals surface area contributed by atoms with E-state index in [1.54, 1.807) is 0 Å². The van der Waals surface area contributed by atoms with Crippen LogP contribution in [0, 0.1) is 0 Å². The van der Waals surface area contributed by atoms with Crippen molar-refractivity contribution in [2.75, 3.05) is 26.4 Å².